The number of hydrogen-bond donors (Lipinski definition) is 1. The maximum atomic E-state index is 11.5. The highest BCUT2D eigenvalue weighted by molar-refractivity contribution is 5.70. The third-order valence-electron chi connectivity index (χ3n) is 3.95. The minimum atomic E-state index is -0.627. The summed E-state index contributed by atoms with van der Waals surface area (Å²) in [5.74, 6) is -0.286. The van der Waals surface area contributed by atoms with Gasteiger partial charge < -0.3 is 9.84 Å². The predicted molar refractivity (Wildman–Crippen MR) is 76.3 cm³/mol. The molecule has 1 aliphatic carbocycles. The Bertz CT molecular complexity index is 268. The average molecular weight is 271 g/mol. The summed E-state index contributed by atoms with van der Waals surface area (Å²) >= 11 is 0. The summed E-state index contributed by atoms with van der Waals surface area (Å²) in [6.45, 7) is 6.84. The molecule has 0 saturated heterocycles. The lowest BCUT2D eigenvalue weighted by Gasteiger charge is -2.35. The number of methoxy groups -OCH3 is 1. The van der Waals surface area contributed by atoms with E-state index in [1.807, 2.05) is 0 Å². The Morgan fingerprint density at radius 3 is 2.58 bits per heavy atom. The van der Waals surface area contributed by atoms with Crippen LogP contribution in [0.25, 0.3) is 0 Å². The van der Waals surface area contributed by atoms with Crippen molar-refractivity contribution in [1.82, 2.24) is 4.90 Å². The Labute approximate surface area is 117 Å². The van der Waals surface area contributed by atoms with Crippen molar-refractivity contribution >= 4 is 5.97 Å². The summed E-state index contributed by atoms with van der Waals surface area (Å²) in [5, 5.41) is 9.48. The molecule has 1 fully saturated rings. The topological polar surface area (TPSA) is 49.8 Å². The van der Waals surface area contributed by atoms with E-state index in [1.165, 1.54) is 6.42 Å². The first kappa shape index (κ1) is 16.4. The van der Waals surface area contributed by atoms with Gasteiger partial charge in [0.25, 0.3) is 0 Å². The lowest BCUT2D eigenvalue weighted by molar-refractivity contribution is -0.144. The maximum Gasteiger partial charge on any atom is 0.308 e. The zero-order valence-corrected chi connectivity index (χ0v) is 12.6. The number of carboxylic acids is 1. The molecule has 0 aromatic carbocycles. The number of carbonyl (C=O) groups is 1. The Morgan fingerprint density at radius 1 is 1.32 bits per heavy atom. The molecule has 1 saturated carbocycles. The second-order valence-corrected chi connectivity index (χ2v) is 6.03. The number of aliphatic carboxylic acids is 1. The van der Waals surface area contributed by atoms with E-state index >= 15 is 0 Å². The third kappa shape index (κ3) is 5.49. The summed E-state index contributed by atoms with van der Waals surface area (Å²) in [5.41, 5.74) is 0. The van der Waals surface area contributed by atoms with Crippen LogP contribution in [0.2, 0.25) is 0 Å². The largest absolute Gasteiger partial charge is 0.481 e. The molecule has 1 rings (SSSR count). The SMILES string of the molecule is COCCN(CC(C)C)C1CCCCCC1C(=O)O. The van der Waals surface area contributed by atoms with Crippen LogP contribution < -0.4 is 0 Å². The van der Waals surface area contributed by atoms with Gasteiger partial charge in [0.15, 0.2) is 0 Å². The van der Waals surface area contributed by atoms with E-state index < -0.39 is 5.97 Å². The van der Waals surface area contributed by atoms with Gasteiger partial charge in [-0.3, -0.25) is 9.69 Å². The van der Waals surface area contributed by atoms with Crippen LogP contribution in [0.15, 0.2) is 0 Å². The molecule has 19 heavy (non-hydrogen) atoms. The van der Waals surface area contributed by atoms with Crippen LogP contribution in [0.4, 0.5) is 0 Å². The molecule has 0 bridgehead atoms. The average Bonchev–Trinajstić information content (AvgIpc) is 2.59. The van der Waals surface area contributed by atoms with Crippen LogP contribution in [0.1, 0.15) is 46.0 Å². The summed E-state index contributed by atoms with van der Waals surface area (Å²) < 4.78 is 5.18. The summed E-state index contributed by atoms with van der Waals surface area (Å²) in [4.78, 5) is 13.9. The van der Waals surface area contributed by atoms with Gasteiger partial charge in [0.2, 0.25) is 0 Å². The Hall–Kier alpha value is -0.610. The lowest BCUT2D eigenvalue weighted by Crippen LogP contribution is -2.46. The van der Waals surface area contributed by atoms with Gasteiger partial charge in [-0.2, -0.15) is 0 Å². The van der Waals surface area contributed by atoms with E-state index in [0.717, 1.165) is 38.8 Å². The first-order valence-corrected chi connectivity index (χ1v) is 7.52. The Balaban J connectivity index is 2.77. The molecule has 112 valence electrons. The quantitative estimate of drug-likeness (QED) is 0.723. The van der Waals surface area contributed by atoms with Crippen LogP contribution in [-0.4, -0.2) is 48.8 Å². The zero-order chi connectivity index (χ0) is 14.3. The fourth-order valence-electron chi connectivity index (χ4n) is 3.08. The highest BCUT2D eigenvalue weighted by atomic mass is 16.5. The van der Waals surface area contributed by atoms with Gasteiger partial charge in [-0.1, -0.05) is 33.1 Å². The molecule has 0 amide bonds. The molecule has 2 atom stereocenters. The number of rotatable bonds is 7. The number of carboxylic acid groups (broad SMARTS) is 1. The summed E-state index contributed by atoms with van der Waals surface area (Å²) in [6.07, 6.45) is 5.19. The van der Waals surface area contributed by atoms with Gasteiger partial charge in [0.1, 0.15) is 0 Å². The van der Waals surface area contributed by atoms with Gasteiger partial charge in [-0.05, 0) is 18.8 Å². The molecule has 0 radical (unpaired) electrons. The molecule has 0 heterocycles. The standard InChI is InChI=1S/C15H29NO3/c1-12(2)11-16(9-10-19-3)14-8-6-4-5-7-13(14)15(17)18/h12-14H,4-11H2,1-3H3,(H,17,18). The maximum absolute atomic E-state index is 11.5. The van der Waals surface area contributed by atoms with Crippen molar-refractivity contribution in [1.29, 1.82) is 0 Å². The van der Waals surface area contributed by atoms with Crippen molar-refractivity contribution in [3.8, 4) is 0 Å². The van der Waals surface area contributed by atoms with E-state index in [2.05, 4.69) is 18.7 Å². The van der Waals surface area contributed by atoms with E-state index in [1.54, 1.807) is 7.11 Å². The summed E-state index contributed by atoms with van der Waals surface area (Å²) in [6, 6.07) is 0.178. The smallest absolute Gasteiger partial charge is 0.308 e. The fourth-order valence-corrected chi connectivity index (χ4v) is 3.08. The van der Waals surface area contributed by atoms with E-state index in [4.69, 9.17) is 4.74 Å². The zero-order valence-electron chi connectivity index (χ0n) is 12.6. The van der Waals surface area contributed by atoms with Gasteiger partial charge in [-0.15, -0.1) is 0 Å². The van der Waals surface area contributed by atoms with Crippen LogP contribution in [0.3, 0.4) is 0 Å². The third-order valence-corrected chi connectivity index (χ3v) is 3.95. The van der Waals surface area contributed by atoms with Crippen LogP contribution in [0, 0.1) is 11.8 Å². The second-order valence-electron chi connectivity index (χ2n) is 6.03. The number of nitrogens with zero attached hydrogens (tertiary/aromatic N) is 1. The van der Waals surface area contributed by atoms with Crippen molar-refractivity contribution in [3.63, 3.8) is 0 Å². The van der Waals surface area contributed by atoms with Gasteiger partial charge in [0.05, 0.1) is 12.5 Å². The molecule has 4 nitrogen and oxygen atoms in total. The van der Waals surface area contributed by atoms with Crippen molar-refractivity contribution < 1.29 is 14.6 Å². The molecule has 0 aromatic heterocycles. The molecule has 2 unspecified atom stereocenters. The molecule has 4 heteroatoms. The molecule has 0 aromatic rings. The van der Waals surface area contributed by atoms with Crippen LogP contribution in [0.5, 0.6) is 0 Å². The number of ether oxygens (including phenoxy) is 1. The van der Waals surface area contributed by atoms with Crippen LogP contribution in [-0.2, 0) is 9.53 Å². The lowest BCUT2D eigenvalue weighted by atomic mass is 9.92. The normalized spacial score (nSPS) is 24.7. The van der Waals surface area contributed by atoms with Crippen molar-refractivity contribution in [3.05, 3.63) is 0 Å². The van der Waals surface area contributed by atoms with Crippen molar-refractivity contribution in [2.45, 2.75) is 52.0 Å². The molecule has 0 aliphatic heterocycles. The molecule has 1 N–H and O–H groups in total. The first-order chi connectivity index (χ1) is 9.06. The minimum Gasteiger partial charge on any atom is -0.481 e. The van der Waals surface area contributed by atoms with Gasteiger partial charge >= 0.3 is 5.97 Å². The fraction of sp³-hybridized carbons (Fsp3) is 0.933. The summed E-state index contributed by atoms with van der Waals surface area (Å²) in [7, 11) is 1.70. The van der Waals surface area contributed by atoms with Crippen LogP contribution >= 0.6 is 0 Å². The monoisotopic (exact) mass is 271 g/mol. The van der Waals surface area contributed by atoms with Gasteiger partial charge in [-0.25, -0.2) is 0 Å². The molecular weight excluding hydrogens is 242 g/mol. The minimum absolute atomic E-state index is 0.178. The van der Waals surface area contributed by atoms with Crippen molar-refractivity contribution in [2.24, 2.45) is 11.8 Å². The van der Waals surface area contributed by atoms with Gasteiger partial charge in [0, 0.05) is 26.2 Å². The molecule has 1 aliphatic rings. The van der Waals surface area contributed by atoms with E-state index in [9.17, 15) is 9.90 Å². The number of hydrogen-bond acceptors (Lipinski definition) is 3. The Morgan fingerprint density at radius 2 is 2.00 bits per heavy atom. The highest BCUT2D eigenvalue weighted by Crippen LogP contribution is 2.28. The highest BCUT2D eigenvalue weighted by Gasteiger charge is 2.33. The predicted octanol–water partition coefficient (Wildman–Crippen LogP) is 2.62. The first-order valence-electron chi connectivity index (χ1n) is 7.52. The molecular formula is C15H29NO3. The molecule has 0 spiro atoms. The van der Waals surface area contributed by atoms with Crippen molar-refractivity contribution in [2.75, 3.05) is 26.8 Å². The van der Waals surface area contributed by atoms with E-state index in [0.29, 0.717) is 12.5 Å². The Kier molecular flexibility index (Phi) is 7.39. The van der Waals surface area contributed by atoms with E-state index in [-0.39, 0.29) is 12.0 Å². The second kappa shape index (κ2) is 8.54.